The summed E-state index contributed by atoms with van der Waals surface area (Å²) in [5.74, 6) is 1.38. The summed E-state index contributed by atoms with van der Waals surface area (Å²) in [4.78, 5) is 0. The molecule has 0 aromatic rings. The van der Waals surface area contributed by atoms with E-state index < -0.39 is 0 Å². The molecule has 0 aromatic carbocycles. The molecule has 3 heteroatoms. The Labute approximate surface area is 110 Å². The largest absolute Gasteiger partial charge is 0.393 e. The van der Waals surface area contributed by atoms with Gasteiger partial charge in [-0.3, -0.25) is 0 Å². The van der Waals surface area contributed by atoms with Gasteiger partial charge in [0.1, 0.15) is 0 Å². The minimum atomic E-state index is -0.365. The zero-order valence-electron chi connectivity index (χ0n) is 11.6. The maximum Gasteiger partial charge on any atom is 0.0621 e. The molecule has 2 aliphatic carbocycles. The van der Waals surface area contributed by atoms with Crippen LogP contribution in [-0.4, -0.2) is 33.6 Å². The van der Waals surface area contributed by atoms with E-state index in [2.05, 4.69) is 6.92 Å². The van der Waals surface area contributed by atoms with Gasteiger partial charge in [-0.25, -0.2) is 0 Å². The van der Waals surface area contributed by atoms with Crippen molar-refractivity contribution in [3.63, 3.8) is 0 Å². The van der Waals surface area contributed by atoms with Crippen LogP contribution in [0.3, 0.4) is 0 Å². The number of rotatable bonds is 2. The number of hydrogen-bond donors (Lipinski definition) is 3. The zero-order valence-corrected chi connectivity index (χ0v) is 11.6. The molecule has 2 rings (SSSR count). The quantitative estimate of drug-likeness (QED) is 0.707. The summed E-state index contributed by atoms with van der Waals surface area (Å²) < 4.78 is 0. The van der Waals surface area contributed by atoms with Crippen LogP contribution in [0.1, 0.15) is 52.4 Å². The third-order valence-electron chi connectivity index (χ3n) is 5.35. The molecule has 0 saturated heterocycles. The van der Waals surface area contributed by atoms with E-state index in [0.29, 0.717) is 17.8 Å². The van der Waals surface area contributed by atoms with Crippen molar-refractivity contribution in [1.29, 1.82) is 0 Å². The van der Waals surface area contributed by atoms with Crippen molar-refractivity contribution in [2.75, 3.05) is 0 Å². The van der Waals surface area contributed by atoms with E-state index in [1.54, 1.807) is 0 Å². The summed E-state index contributed by atoms with van der Waals surface area (Å²) in [6.45, 7) is 4.11. The van der Waals surface area contributed by atoms with E-state index in [1.807, 2.05) is 6.92 Å². The number of aliphatic hydroxyl groups excluding tert-OH is 3. The third-order valence-corrected chi connectivity index (χ3v) is 5.35. The zero-order chi connectivity index (χ0) is 13.3. The first kappa shape index (κ1) is 14.3. The molecule has 2 aliphatic rings. The van der Waals surface area contributed by atoms with Crippen LogP contribution in [0.2, 0.25) is 0 Å². The fraction of sp³-hybridized carbons (Fsp3) is 1.00. The van der Waals surface area contributed by atoms with Crippen molar-refractivity contribution in [1.82, 2.24) is 0 Å². The van der Waals surface area contributed by atoms with Gasteiger partial charge < -0.3 is 15.3 Å². The van der Waals surface area contributed by atoms with E-state index >= 15 is 0 Å². The summed E-state index contributed by atoms with van der Waals surface area (Å²) in [6, 6.07) is 0. The Morgan fingerprint density at radius 3 is 2.17 bits per heavy atom. The maximum atomic E-state index is 10.4. The standard InChI is InChI=1S/C15H28O3/c1-9-7-14(17)10(2)15(18)13(9)8-11-3-5-12(16)6-4-11/h9-18H,3-8H2,1-2H3. The van der Waals surface area contributed by atoms with Gasteiger partial charge in [0.15, 0.2) is 0 Å². The third kappa shape index (κ3) is 3.06. The van der Waals surface area contributed by atoms with Crippen molar-refractivity contribution in [2.24, 2.45) is 23.7 Å². The second kappa shape index (κ2) is 5.89. The van der Waals surface area contributed by atoms with Gasteiger partial charge in [-0.2, -0.15) is 0 Å². The molecular weight excluding hydrogens is 228 g/mol. The molecule has 0 aromatic heterocycles. The Morgan fingerprint density at radius 1 is 0.944 bits per heavy atom. The van der Waals surface area contributed by atoms with Crippen LogP contribution >= 0.6 is 0 Å². The van der Waals surface area contributed by atoms with Gasteiger partial charge in [-0.15, -0.1) is 0 Å². The average molecular weight is 256 g/mol. The molecular formula is C15H28O3. The van der Waals surface area contributed by atoms with Gasteiger partial charge >= 0.3 is 0 Å². The van der Waals surface area contributed by atoms with E-state index in [-0.39, 0.29) is 24.2 Å². The lowest BCUT2D eigenvalue weighted by molar-refractivity contribution is -0.0815. The van der Waals surface area contributed by atoms with E-state index in [9.17, 15) is 15.3 Å². The van der Waals surface area contributed by atoms with Gasteiger partial charge in [-0.1, -0.05) is 13.8 Å². The van der Waals surface area contributed by atoms with E-state index in [1.165, 1.54) is 0 Å². The average Bonchev–Trinajstić information content (AvgIpc) is 2.34. The summed E-state index contributed by atoms with van der Waals surface area (Å²) in [5.41, 5.74) is 0. The maximum absolute atomic E-state index is 10.4. The summed E-state index contributed by atoms with van der Waals surface area (Å²) in [5, 5.41) is 29.8. The van der Waals surface area contributed by atoms with Crippen molar-refractivity contribution >= 4 is 0 Å². The van der Waals surface area contributed by atoms with Crippen molar-refractivity contribution in [3.05, 3.63) is 0 Å². The van der Waals surface area contributed by atoms with Crippen LogP contribution in [0, 0.1) is 23.7 Å². The first-order chi connectivity index (χ1) is 8.49. The van der Waals surface area contributed by atoms with Gasteiger partial charge in [0.25, 0.3) is 0 Å². The lowest BCUT2D eigenvalue weighted by Gasteiger charge is -2.42. The second-order valence-corrected chi connectivity index (χ2v) is 6.70. The fourth-order valence-corrected chi connectivity index (χ4v) is 3.86. The SMILES string of the molecule is CC1CC(O)C(C)C(O)C1CC1CCC(O)CC1. The predicted octanol–water partition coefficient (Wildman–Crippen LogP) is 1.94. The molecule has 5 atom stereocenters. The van der Waals surface area contributed by atoms with Crippen LogP contribution in [0.25, 0.3) is 0 Å². The molecule has 0 spiro atoms. The molecule has 2 saturated carbocycles. The fourth-order valence-electron chi connectivity index (χ4n) is 3.86. The smallest absolute Gasteiger partial charge is 0.0621 e. The van der Waals surface area contributed by atoms with Gasteiger partial charge in [-0.05, 0) is 56.3 Å². The monoisotopic (exact) mass is 256 g/mol. The van der Waals surface area contributed by atoms with Gasteiger partial charge in [0, 0.05) is 5.92 Å². The summed E-state index contributed by atoms with van der Waals surface area (Å²) in [7, 11) is 0. The molecule has 0 heterocycles. The van der Waals surface area contributed by atoms with Crippen LogP contribution < -0.4 is 0 Å². The molecule has 0 aliphatic heterocycles. The minimum Gasteiger partial charge on any atom is -0.393 e. The summed E-state index contributed by atoms with van der Waals surface area (Å²) >= 11 is 0. The molecule has 18 heavy (non-hydrogen) atoms. The molecule has 2 fully saturated rings. The van der Waals surface area contributed by atoms with Gasteiger partial charge in [0.05, 0.1) is 18.3 Å². The van der Waals surface area contributed by atoms with E-state index in [4.69, 9.17) is 0 Å². The van der Waals surface area contributed by atoms with Gasteiger partial charge in [0.2, 0.25) is 0 Å². The van der Waals surface area contributed by atoms with Crippen LogP contribution in [0.15, 0.2) is 0 Å². The topological polar surface area (TPSA) is 60.7 Å². The highest BCUT2D eigenvalue weighted by atomic mass is 16.3. The molecule has 3 N–H and O–H groups in total. The Balaban J connectivity index is 1.91. The molecule has 106 valence electrons. The van der Waals surface area contributed by atoms with Crippen molar-refractivity contribution in [3.8, 4) is 0 Å². The Morgan fingerprint density at radius 2 is 1.56 bits per heavy atom. The molecule has 0 bridgehead atoms. The molecule has 5 unspecified atom stereocenters. The van der Waals surface area contributed by atoms with Crippen LogP contribution in [0.4, 0.5) is 0 Å². The predicted molar refractivity (Wildman–Crippen MR) is 71.0 cm³/mol. The highest BCUT2D eigenvalue weighted by molar-refractivity contribution is 4.90. The molecule has 0 amide bonds. The van der Waals surface area contributed by atoms with Crippen molar-refractivity contribution < 1.29 is 15.3 Å². The lowest BCUT2D eigenvalue weighted by Crippen LogP contribution is -2.45. The van der Waals surface area contributed by atoms with Crippen LogP contribution in [-0.2, 0) is 0 Å². The van der Waals surface area contributed by atoms with Crippen molar-refractivity contribution in [2.45, 2.75) is 70.7 Å². The van der Waals surface area contributed by atoms with Crippen LogP contribution in [0.5, 0.6) is 0 Å². The Bertz CT molecular complexity index is 260. The first-order valence-corrected chi connectivity index (χ1v) is 7.53. The Hall–Kier alpha value is -0.120. The highest BCUT2D eigenvalue weighted by Crippen LogP contribution is 2.40. The summed E-state index contributed by atoms with van der Waals surface area (Å²) in [6.07, 6.45) is 5.08. The normalized spacial score (nSPS) is 50.2. The number of aliphatic hydroxyl groups is 3. The number of hydrogen-bond acceptors (Lipinski definition) is 3. The minimum absolute atomic E-state index is 0.000353. The second-order valence-electron chi connectivity index (χ2n) is 6.70. The molecule has 3 nitrogen and oxygen atoms in total. The highest BCUT2D eigenvalue weighted by Gasteiger charge is 2.40. The lowest BCUT2D eigenvalue weighted by atomic mass is 9.67. The Kier molecular flexibility index (Phi) is 4.68. The molecule has 0 radical (unpaired) electrons. The van der Waals surface area contributed by atoms with E-state index in [0.717, 1.165) is 38.5 Å². The first-order valence-electron chi connectivity index (χ1n) is 7.53.